The first-order chi connectivity index (χ1) is 13.3. The number of rotatable bonds is 5. The number of nitrogens with one attached hydrogen (secondary N) is 2. The SMILES string of the molecule is O=C(NCc1cccnc1-c1cccs1)NCc1cccc2ccccc12. The summed E-state index contributed by atoms with van der Waals surface area (Å²) in [6.07, 6.45) is 1.78. The number of carbonyl (C=O) groups is 1. The van der Waals surface area contributed by atoms with Crippen molar-refractivity contribution < 1.29 is 4.79 Å². The van der Waals surface area contributed by atoms with E-state index in [-0.39, 0.29) is 6.03 Å². The fourth-order valence-electron chi connectivity index (χ4n) is 3.08. The topological polar surface area (TPSA) is 54.0 Å². The smallest absolute Gasteiger partial charge is 0.315 e. The van der Waals surface area contributed by atoms with E-state index in [2.05, 4.69) is 33.8 Å². The summed E-state index contributed by atoms with van der Waals surface area (Å²) in [4.78, 5) is 17.8. The quantitative estimate of drug-likeness (QED) is 0.519. The number of amides is 2. The molecule has 2 amide bonds. The Morgan fingerprint density at radius 2 is 1.63 bits per heavy atom. The zero-order valence-corrected chi connectivity index (χ0v) is 15.5. The second-order valence-corrected chi connectivity index (χ2v) is 7.11. The molecule has 0 bridgehead atoms. The number of fused-ring (bicyclic) bond motifs is 1. The number of nitrogens with zero attached hydrogens (tertiary/aromatic N) is 1. The van der Waals surface area contributed by atoms with Crippen LogP contribution in [0.1, 0.15) is 11.1 Å². The van der Waals surface area contributed by atoms with Gasteiger partial charge in [0.05, 0.1) is 10.6 Å². The third kappa shape index (κ3) is 3.99. The summed E-state index contributed by atoms with van der Waals surface area (Å²) < 4.78 is 0. The Kier molecular flexibility index (Phi) is 5.12. The van der Waals surface area contributed by atoms with Gasteiger partial charge in [-0.3, -0.25) is 4.98 Å². The molecule has 0 saturated heterocycles. The van der Waals surface area contributed by atoms with E-state index in [4.69, 9.17) is 0 Å². The fourth-order valence-corrected chi connectivity index (χ4v) is 3.83. The zero-order valence-electron chi connectivity index (χ0n) is 14.7. The number of urea groups is 1. The zero-order chi connectivity index (χ0) is 18.5. The predicted octanol–water partition coefficient (Wildman–Crippen LogP) is 4.96. The molecule has 0 atom stereocenters. The van der Waals surface area contributed by atoms with Gasteiger partial charge < -0.3 is 10.6 Å². The Bertz CT molecular complexity index is 1050. The highest BCUT2D eigenvalue weighted by molar-refractivity contribution is 7.13. The molecule has 0 saturated carbocycles. The highest BCUT2D eigenvalue weighted by Crippen LogP contribution is 2.25. The first-order valence-electron chi connectivity index (χ1n) is 8.77. The summed E-state index contributed by atoms with van der Waals surface area (Å²) in [5, 5.41) is 10.2. The number of carbonyl (C=O) groups excluding carboxylic acids is 1. The average Bonchev–Trinajstić information content (AvgIpc) is 3.25. The molecular weight excluding hydrogens is 354 g/mol. The van der Waals surface area contributed by atoms with Gasteiger partial charge in [0.2, 0.25) is 0 Å². The molecule has 4 rings (SSSR count). The van der Waals surface area contributed by atoms with Gasteiger partial charge in [-0.1, -0.05) is 54.6 Å². The number of pyridine rings is 1. The molecule has 2 aromatic carbocycles. The number of benzene rings is 2. The molecule has 2 aromatic heterocycles. The molecule has 0 radical (unpaired) electrons. The van der Waals surface area contributed by atoms with E-state index in [1.165, 1.54) is 5.39 Å². The van der Waals surface area contributed by atoms with Crippen molar-refractivity contribution in [2.24, 2.45) is 0 Å². The van der Waals surface area contributed by atoms with Crippen molar-refractivity contribution in [2.75, 3.05) is 0 Å². The van der Waals surface area contributed by atoms with E-state index in [1.807, 2.05) is 53.9 Å². The molecule has 0 spiro atoms. The van der Waals surface area contributed by atoms with Crippen molar-refractivity contribution >= 4 is 28.1 Å². The van der Waals surface area contributed by atoms with E-state index < -0.39 is 0 Å². The van der Waals surface area contributed by atoms with Crippen LogP contribution in [0.2, 0.25) is 0 Å². The summed E-state index contributed by atoms with van der Waals surface area (Å²) in [7, 11) is 0. The molecule has 0 unspecified atom stereocenters. The van der Waals surface area contributed by atoms with Gasteiger partial charge in [-0.2, -0.15) is 0 Å². The van der Waals surface area contributed by atoms with E-state index in [0.29, 0.717) is 13.1 Å². The van der Waals surface area contributed by atoms with Crippen molar-refractivity contribution in [1.29, 1.82) is 0 Å². The molecular formula is C22H19N3OS. The standard InChI is InChI=1S/C22H19N3OS/c26-22(24-14-17-8-3-7-16-6-1-2-10-19(16)17)25-15-18-9-4-12-23-21(18)20-11-5-13-27-20/h1-13H,14-15H2,(H2,24,25,26). The molecule has 0 aliphatic carbocycles. The Morgan fingerprint density at radius 3 is 2.48 bits per heavy atom. The van der Waals surface area contributed by atoms with Gasteiger partial charge in [0, 0.05) is 19.3 Å². The van der Waals surface area contributed by atoms with Crippen LogP contribution in [-0.2, 0) is 13.1 Å². The maximum absolute atomic E-state index is 12.3. The summed E-state index contributed by atoms with van der Waals surface area (Å²) in [5.41, 5.74) is 3.02. The van der Waals surface area contributed by atoms with Crippen LogP contribution < -0.4 is 10.6 Å². The minimum atomic E-state index is -0.191. The van der Waals surface area contributed by atoms with Gasteiger partial charge in [0.15, 0.2) is 0 Å². The van der Waals surface area contributed by atoms with Crippen LogP contribution in [0.25, 0.3) is 21.3 Å². The largest absolute Gasteiger partial charge is 0.334 e. The summed E-state index contributed by atoms with van der Waals surface area (Å²) in [6, 6.07) is 22.1. The van der Waals surface area contributed by atoms with Crippen LogP contribution >= 0.6 is 11.3 Å². The second kappa shape index (κ2) is 8.01. The number of hydrogen-bond acceptors (Lipinski definition) is 3. The Hall–Kier alpha value is -3.18. The first-order valence-corrected chi connectivity index (χ1v) is 9.65. The summed E-state index contributed by atoms with van der Waals surface area (Å²) >= 11 is 1.64. The van der Waals surface area contributed by atoms with E-state index >= 15 is 0 Å². The van der Waals surface area contributed by atoms with Crippen LogP contribution in [0, 0.1) is 0 Å². The van der Waals surface area contributed by atoms with Gasteiger partial charge in [0.1, 0.15) is 0 Å². The highest BCUT2D eigenvalue weighted by atomic mass is 32.1. The monoisotopic (exact) mass is 373 g/mol. The van der Waals surface area contributed by atoms with E-state index in [9.17, 15) is 4.79 Å². The van der Waals surface area contributed by atoms with Gasteiger partial charge in [0.25, 0.3) is 0 Å². The average molecular weight is 373 g/mol. The number of hydrogen-bond donors (Lipinski definition) is 2. The van der Waals surface area contributed by atoms with Gasteiger partial charge in [-0.15, -0.1) is 11.3 Å². The summed E-state index contributed by atoms with van der Waals surface area (Å²) in [6.45, 7) is 0.917. The molecule has 4 aromatic rings. The lowest BCUT2D eigenvalue weighted by Crippen LogP contribution is -2.34. The van der Waals surface area contributed by atoms with Crippen molar-refractivity contribution in [1.82, 2.24) is 15.6 Å². The Labute approximate surface area is 161 Å². The molecule has 2 N–H and O–H groups in total. The number of thiophene rings is 1. The molecule has 4 nitrogen and oxygen atoms in total. The Balaban J connectivity index is 1.40. The van der Waals surface area contributed by atoms with Gasteiger partial charge in [-0.25, -0.2) is 4.79 Å². The van der Waals surface area contributed by atoms with E-state index in [0.717, 1.165) is 27.1 Å². The third-order valence-corrected chi connectivity index (χ3v) is 5.28. The van der Waals surface area contributed by atoms with E-state index in [1.54, 1.807) is 17.5 Å². The van der Waals surface area contributed by atoms with Gasteiger partial charge in [-0.05, 0) is 39.4 Å². The molecule has 134 valence electrons. The van der Waals surface area contributed by atoms with Crippen LogP contribution in [0.5, 0.6) is 0 Å². The lowest BCUT2D eigenvalue weighted by atomic mass is 10.0. The van der Waals surface area contributed by atoms with Crippen LogP contribution in [0.3, 0.4) is 0 Å². The lowest BCUT2D eigenvalue weighted by molar-refractivity contribution is 0.240. The summed E-state index contributed by atoms with van der Waals surface area (Å²) in [5.74, 6) is 0. The van der Waals surface area contributed by atoms with Crippen molar-refractivity contribution in [3.8, 4) is 10.6 Å². The Morgan fingerprint density at radius 1 is 0.852 bits per heavy atom. The van der Waals surface area contributed by atoms with Crippen LogP contribution in [-0.4, -0.2) is 11.0 Å². The molecule has 0 aliphatic heterocycles. The molecule has 5 heteroatoms. The fraction of sp³-hybridized carbons (Fsp3) is 0.0909. The van der Waals surface area contributed by atoms with Crippen LogP contribution in [0.4, 0.5) is 4.79 Å². The molecule has 0 aliphatic rings. The second-order valence-electron chi connectivity index (χ2n) is 6.16. The normalized spacial score (nSPS) is 10.7. The lowest BCUT2D eigenvalue weighted by Gasteiger charge is -2.11. The predicted molar refractivity (Wildman–Crippen MR) is 111 cm³/mol. The highest BCUT2D eigenvalue weighted by Gasteiger charge is 2.09. The third-order valence-electron chi connectivity index (χ3n) is 4.40. The maximum Gasteiger partial charge on any atom is 0.315 e. The maximum atomic E-state index is 12.3. The number of aromatic nitrogens is 1. The molecule has 27 heavy (non-hydrogen) atoms. The first kappa shape index (κ1) is 17.2. The molecule has 0 fully saturated rings. The van der Waals surface area contributed by atoms with Crippen molar-refractivity contribution in [2.45, 2.75) is 13.1 Å². The van der Waals surface area contributed by atoms with Gasteiger partial charge >= 0.3 is 6.03 Å². The van der Waals surface area contributed by atoms with Crippen molar-refractivity contribution in [3.63, 3.8) is 0 Å². The molecule has 2 heterocycles. The minimum Gasteiger partial charge on any atom is -0.334 e. The van der Waals surface area contributed by atoms with Crippen molar-refractivity contribution in [3.05, 3.63) is 89.4 Å². The van der Waals surface area contributed by atoms with Crippen LogP contribution in [0.15, 0.2) is 78.3 Å². The minimum absolute atomic E-state index is 0.191.